The fraction of sp³-hybridized carbons (Fsp3) is 0.889. The van der Waals surface area contributed by atoms with Gasteiger partial charge in [0.15, 0.2) is 0 Å². The molecular weight excluding hydrogens is 184 g/mol. The molecule has 1 fully saturated rings. The molecule has 0 spiro atoms. The second-order valence-corrected chi connectivity index (χ2v) is 3.51. The molecule has 0 aromatic carbocycles. The van der Waals surface area contributed by atoms with E-state index in [0.29, 0.717) is 32.7 Å². The maximum absolute atomic E-state index is 11.4. The van der Waals surface area contributed by atoms with Crippen molar-refractivity contribution in [3.05, 3.63) is 0 Å². The highest BCUT2D eigenvalue weighted by Crippen LogP contribution is 1.93. The number of hydrogen-bond acceptors (Lipinski definition) is 4. The molecule has 2 atom stereocenters. The average Bonchev–Trinajstić information content (AvgIpc) is 2.18. The van der Waals surface area contributed by atoms with E-state index in [1.54, 1.807) is 6.92 Å². The maximum Gasteiger partial charge on any atom is 0.239 e. The third-order valence-corrected chi connectivity index (χ3v) is 2.10. The summed E-state index contributed by atoms with van der Waals surface area (Å²) in [6.45, 7) is 4.02. The number of aliphatic hydroxyl groups is 1. The smallest absolute Gasteiger partial charge is 0.239 e. The topological polar surface area (TPSA) is 70.6 Å². The van der Waals surface area contributed by atoms with Crippen LogP contribution in [0.4, 0.5) is 0 Å². The van der Waals surface area contributed by atoms with E-state index in [9.17, 15) is 4.79 Å². The first kappa shape index (κ1) is 11.4. The molecule has 3 N–H and O–H groups in total. The summed E-state index contributed by atoms with van der Waals surface area (Å²) in [7, 11) is 0. The van der Waals surface area contributed by atoms with Crippen LogP contribution in [0, 0.1) is 0 Å². The van der Waals surface area contributed by atoms with Crippen LogP contribution < -0.4 is 10.6 Å². The minimum Gasteiger partial charge on any atom is -0.393 e. The van der Waals surface area contributed by atoms with Gasteiger partial charge in [-0.3, -0.25) is 4.79 Å². The predicted molar refractivity (Wildman–Crippen MR) is 51.9 cm³/mol. The lowest BCUT2D eigenvalue weighted by Crippen LogP contribution is -2.51. The summed E-state index contributed by atoms with van der Waals surface area (Å²) >= 11 is 0. The zero-order valence-electron chi connectivity index (χ0n) is 8.45. The molecule has 5 heteroatoms. The van der Waals surface area contributed by atoms with Crippen molar-refractivity contribution in [1.29, 1.82) is 0 Å². The molecule has 5 nitrogen and oxygen atoms in total. The molecule has 0 saturated carbocycles. The van der Waals surface area contributed by atoms with Gasteiger partial charge in [0.2, 0.25) is 5.91 Å². The van der Waals surface area contributed by atoms with Gasteiger partial charge in [0.25, 0.3) is 0 Å². The summed E-state index contributed by atoms with van der Waals surface area (Å²) in [5.74, 6) is -0.0506. The fourth-order valence-corrected chi connectivity index (χ4v) is 1.26. The fourth-order valence-electron chi connectivity index (χ4n) is 1.26. The highest BCUT2D eigenvalue weighted by molar-refractivity contribution is 5.81. The van der Waals surface area contributed by atoms with Gasteiger partial charge in [0.05, 0.1) is 19.3 Å². The Morgan fingerprint density at radius 2 is 2.57 bits per heavy atom. The molecule has 1 amide bonds. The number of hydrogen-bond donors (Lipinski definition) is 3. The zero-order chi connectivity index (χ0) is 10.4. The van der Waals surface area contributed by atoms with E-state index in [2.05, 4.69) is 10.6 Å². The van der Waals surface area contributed by atoms with Gasteiger partial charge in [-0.25, -0.2) is 0 Å². The summed E-state index contributed by atoms with van der Waals surface area (Å²) in [5, 5.41) is 14.8. The summed E-state index contributed by atoms with van der Waals surface area (Å²) in [5.41, 5.74) is 0. The summed E-state index contributed by atoms with van der Waals surface area (Å²) in [6.07, 6.45) is 0.213. The van der Waals surface area contributed by atoms with E-state index in [1.807, 2.05) is 0 Å². The quantitative estimate of drug-likeness (QED) is 0.539. The molecule has 1 saturated heterocycles. The predicted octanol–water partition coefficient (Wildman–Crippen LogP) is -1.14. The first-order chi connectivity index (χ1) is 6.70. The van der Waals surface area contributed by atoms with Gasteiger partial charge in [-0.05, 0) is 13.3 Å². The minimum absolute atomic E-state index is 0.0506. The van der Waals surface area contributed by atoms with Crippen LogP contribution >= 0.6 is 0 Å². The Kier molecular flexibility index (Phi) is 4.86. The Labute approximate surface area is 83.8 Å². The SMILES string of the molecule is CC(O)CCNC(=O)C1COCCN1. The summed E-state index contributed by atoms with van der Waals surface area (Å²) < 4.78 is 5.16. The first-order valence-corrected chi connectivity index (χ1v) is 4.97. The Morgan fingerprint density at radius 1 is 1.79 bits per heavy atom. The third kappa shape index (κ3) is 4.04. The lowest BCUT2D eigenvalue weighted by molar-refractivity contribution is -0.125. The van der Waals surface area contributed by atoms with Gasteiger partial charge in [-0.15, -0.1) is 0 Å². The maximum atomic E-state index is 11.4. The molecule has 0 aromatic rings. The van der Waals surface area contributed by atoms with Gasteiger partial charge >= 0.3 is 0 Å². The van der Waals surface area contributed by atoms with Crippen molar-refractivity contribution >= 4 is 5.91 Å². The normalized spacial score (nSPS) is 24.3. The van der Waals surface area contributed by atoms with Gasteiger partial charge < -0.3 is 20.5 Å². The van der Waals surface area contributed by atoms with Crippen LogP contribution in [-0.2, 0) is 9.53 Å². The molecule has 0 radical (unpaired) electrons. The minimum atomic E-state index is -0.370. The number of ether oxygens (including phenoxy) is 1. The molecule has 1 aliphatic heterocycles. The number of aliphatic hydroxyl groups excluding tert-OH is 1. The standard InChI is InChI=1S/C9H18N2O3/c1-7(12)2-3-11-9(13)8-6-14-5-4-10-8/h7-8,10,12H,2-6H2,1H3,(H,11,13). The van der Waals surface area contributed by atoms with Crippen molar-refractivity contribution in [3.63, 3.8) is 0 Å². The Hall–Kier alpha value is -0.650. The lowest BCUT2D eigenvalue weighted by Gasteiger charge is -2.22. The lowest BCUT2D eigenvalue weighted by atomic mass is 10.2. The van der Waals surface area contributed by atoms with Crippen LogP contribution in [0.3, 0.4) is 0 Å². The van der Waals surface area contributed by atoms with E-state index >= 15 is 0 Å². The van der Waals surface area contributed by atoms with E-state index in [0.717, 1.165) is 0 Å². The van der Waals surface area contributed by atoms with Crippen LogP contribution in [0.1, 0.15) is 13.3 Å². The van der Waals surface area contributed by atoms with Crippen LogP contribution in [0.2, 0.25) is 0 Å². The molecule has 1 aliphatic rings. The number of nitrogens with one attached hydrogen (secondary N) is 2. The number of amides is 1. The summed E-state index contributed by atoms with van der Waals surface area (Å²) in [6, 6.07) is -0.238. The molecule has 1 heterocycles. The van der Waals surface area contributed by atoms with Crippen LogP contribution in [-0.4, -0.2) is 49.5 Å². The number of carbonyl (C=O) groups excluding carboxylic acids is 1. The molecule has 0 aromatic heterocycles. The average molecular weight is 202 g/mol. The Balaban J connectivity index is 2.13. The molecule has 2 unspecified atom stereocenters. The van der Waals surface area contributed by atoms with E-state index in [-0.39, 0.29) is 18.1 Å². The molecule has 1 rings (SSSR count). The summed E-state index contributed by atoms with van der Waals surface area (Å²) in [4.78, 5) is 11.4. The Bertz CT molecular complexity index is 179. The zero-order valence-corrected chi connectivity index (χ0v) is 8.45. The largest absolute Gasteiger partial charge is 0.393 e. The Morgan fingerprint density at radius 3 is 3.14 bits per heavy atom. The van der Waals surface area contributed by atoms with Crippen molar-refractivity contribution in [1.82, 2.24) is 10.6 Å². The molecule has 0 bridgehead atoms. The highest BCUT2D eigenvalue weighted by atomic mass is 16.5. The highest BCUT2D eigenvalue weighted by Gasteiger charge is 2.20. The van der Waals surface area contributed by atoms with Crippen molar-refractivity contribution in [2.75, 3.05) is 26.3 Å². The first-order valence-electron chi connectivity index (χ1n) is 4.97. The number of rotatable bonds is 4. The second kappa shape index (κ2) is 5.95. The van der Waals surface area contributed by atoms with E-state index in [1.165, 1.54) is 0 Å². The molecule has 14 heavy (non-hydrogen) atoms. The molecule has 82 valence electrons. The van der Waals surface area contributed by atoms with E-state index < -0.39 is 0 Å². The van der Waals surface area contributed by atoms with Crippen molar-refractivity contribution in [2.24, 2.45) is 0 Å². The third-order valence-electron chi connectivity index (χ3n) is 2.10. The van der Waals surface area contributed by atoms with Gasteiger partial charge in [-0.2, -0.15) is 0 Å². The number of morpholine rings is 1. The van der Waals surface area contributed by atoms with Gasteiger partial charge in [0, 0.05) is 13.1 Å². The van der Waals surface area contributed by atoms with Crippen LogP contribution in [0.15, 0.2) is 0 Å². The van der Waals surface area contributed by atoms with Crippen molar-refractivity contribution < 1.29 is 14.6 Å². The molecular formula is C9H18N2O3. The monoisotopic (exact) mass is 202 g/mol. The van der Waals surface area contributed by atoms with Gasteiger partial charge in [0.1, 0.15) is 6.04 Å². The van der Waals surface area contributed by atoms with Gasteiger partial charge in [-0.1, -0.05) is 0 Å². The van der Waals surface area contributed by atoms with E-state index in [4.69, 9.17) is 9.84 Å². The molecule has 0 aliphatic carbocycles. The second-order valence-electron chi connectivity index (χ2n) is 3.51. The van der Waals surface area contributed by atoms with Crippen LogP contribution in [0.5, 0.6) is 0 Å². The van der Waals surface area contributed by atoms with Crippen molar-refractivity contribution in [3.8, 4) is 0 Å². The van der Waals surface area contributed by atoms with Crippen LogP contribution in [0.25, 0.3) is 0 Å². The number of carbonyl (C=O) groups is 1. The van der Waals surface area contributed by atoms with Crippen molar-refractivity contribution in [2.45, 2.75) is 25.5 Å².